The monoisotopic (exact) mass is 312 g/mol. The van der Waals surface area contributed by atoms with E-state index in [0.717, 1.165) is 11.8 Å². The zero-order valence-electron chi connectivity index (χ0n) is 11.3. The van der Waals surface area contributed by atoms with E-state index in [1.807, 2.05) is 0 Å². The Labute approximate surface area is 125 Å². The van der Waals surface area contributed by atoms with Gasteiger partial charge in [-0.1, -0.05) is 6.07 Å². The molecule has 21 heavy (non-hydrogen) atoms. The number of carbonyl (C=O) groups excluding carboxylic acids is 2. The molecule has 0 aliphatic heterocycles. The molecule has 0 fully saturated rings. The molecular formula is C12H16N4O4S. The van der Waals surface area contributed by atoms with Crippen molar-refractivity contribution in [3.8, 4) is 0 Å². The molecule has 1 heterocycles. The first-order valence-corrected chi connectivity index (χ1v) is 7.18. The van der Waals surface area contributed by atoms with Crippen LogP contribution in [0.3, 0.4) is 0 Å². The first kappa shape index (κ1) is 16.8. The fourth-order valence-electron chi connectivity index (χ4n) is 1.30. The number of hydrazine groups is 1. The Hall–Kier alpha value is -2.29. The highest BCUT2D eigenvalue weighted by molar-refractivity contribution is 8.00. The Morgan fingerprint density at radius 1 is 1.38 bits per heavy atom. The summed E-state index contributed by atoms with van der Waals surface area (Å²) in [5, 5.41) is 11.2. The molecule has 1 aromatic rings. The highest BCUT2D eigenvalue weighted by atomic mass is 32.2. The van der Waals surface area contributed by atoms with Gasteiger partial charge in [-0.3, -0.25) is 20.4 Å². The van der Waals surface area contributed by atoms with Crippen molar-refractivity contribution in [2.75, 3.05) is 16.9 Å². The van der Waals surface area contributed by atoms with E-state index in [2.05, 4.69) is 21.2 Å². The number of carboxylic acid groups (broad SMARTS) is 1. The van der Waals surface area contributed by atoms with Gasteiger partial charge in [-0.25, -0.2) is 9.78 Å². The van der Waals surface area contributed by atoms with Crippen molar-refractivity contribution in [3.63, 3.8) is 0 Å². The van der Waals surface area contributed by atoms with Gasteiger partial charge in [0.2, 0.25) is 11.8 Å². The molecule has 114 valence electrons. The minimum Gasteiger partial charge on any atom is -0.480 e. The van der Waals surface area contributed by atoms with Crippen LogP contribution in [-0.4, -0.2) is 45.4 Å². The Bertz CT molecular complexity index is 497. The number of hydrogen-bond donors (Lipinski definition) is 4. The zero-order valence-corrected chi connectivity index (χ0v) is 12.1. The molecule has 1 atom stereocenters. The first-order chi connectivity index (χ1) is 9.99. The number of nitrogens with one attached hydrogen (secondary N) is 3. The van der Waals surface area contributed by atoms with Gasteiger partial charge >= 0.3 is 5.97 Å². The fraction of sp³-hybridized carbons (Fsp3) is 0.333. The van der Waals surface area contributed by atoms with Crippen molar-refractivity contribution in [3.05, 3.63) is 24.4 Å². The summed E-state index contributed by atoms with van der Waals surface area (Å²) in [4.78, 5) is 37.2. The molecular weight excluding hydrogens is 296 g/mol. The quantitative estimate of drug-likeness (QED) is 0.492. The summed E-state index contributed by atoms with van der Waals surface area (Å²) < 4.78 is 0. The number of rotatable bonds is 8. The van der Waals surface area contributed by atoms with Gasteiger partial charge < -0.3 is 10.4 Å². The molecule has 0 spiro atoms. The van der Waals surface area contributed by atoms with Crippen molar-refractivity contribution < 1.29 is 19.5 Å². The van der Waals surface area contributed by atoms with Crippen LogP contribution in [0.4, 0.5) is 5.82 Å². The van der Waals surface area contributed by atoms with Gasteiger partial charge in [0, 0.05) is 18.9 Å². The summed E-state index contributed by atoms with van der Waals surface area (Å²) in [6.45, 7) is 1.24. The summed E-state index contributed by atoms with van der Waals surface area (Å²) >= 11 is 1.11. The Kier molecular flexibility index (Phi) is 7.02. The first-order valence-electron chi connectivity index (χ1n) is 6.02. The highest BCUT2D eigenvalue weighted by Crippen LogP contribution is 2.04. The van der Waals surface area contributed by atoms with Gasteiger partial charge in [0.15, 0.2) is 0 Å². The van der Waals surface area contributed by atoms with Gasteiger partial charge in [0.05, 0.1) is 5.75 Å². The van der Waals surface area contributed by atoms with E-state index in [9.17, 15) is 14.4 Å². The molecule has 2 amide bonds. The van der Waals surface area contributed by atoms with Crippen LogP contribution in [-0.2, 0) is 14.4 Å². The van der Waals surface area contributed by atoms with Gasteiger partial charge in [-0.2, -0.15) is 0 Å². The molecule has 0 aliphatic carbocycles. The molecule has 0 saturated heterocycles. The van der Waals surface area contributed by atoms with Crippen molar-refractivity contribution in [2.45, 2.75) is 13.0 Å². The van der Waals surface area contributed by atoms with Crippen LogP contribution in [0.2, 0.25) is 0 Å². The molecule has 0 saturated carbocycles. The van der Waals surface area contributed by atoms with Crippen molar-refractivity contribution in [2.24, 2.45) is 0 Å². The molecule has 0 aliphatic rings. The van der Waals surface area contributed by atoms with Crippen LogP contribution in [0.5, 0.6) is 0 Å². The number of aromatic nitrogens is 1. The number of nitrogens with zero attached hydrogens (tertiary/aromatic N) is 1. The number of thioether (sulfide) groups is 1. The summed E-state index contributed by atoms with van der Waals surface area (Å²) in [6.07, 6.45) is 1.58. The lowest BCUT2D eigenvalue weighted by molar-refractivity contribution is -0.140. The van der Waals surface area contributed by atoms with Gasteiger partial charge in [0.1, 0.15) is 11.9 Å². The Morgan fingerprint density at radius 2 is 2.14 bits per heavy atom. The lowest BCUT2D eigenvalue weighted by Gasteiger charge is -2.12. The van der Waals surface area contributed by atoms with E-state index >= 15 is 0 Å². The van der Waals surface area contributed by atoms with Crippen LogP contribution >= 0.6 is 11.8 Å². The van der Waals surface area contributed by atoms with E-state index in [-0.39, 0.29) is 17.4 Å². The van der Waals surface area contributed by atoms with Gasteiger partial charge in [-0.15, -0.1) is 11.8 Å². The van der Waals surface area contributed by atoms with Crippen LogP contribution < -0.4 is 16.2 Å². The largest absolute Gasteiger partial charge is 0.480 e. The van der Waals surface area contributed by atoms with E-state index in [4.69, 9.17) is 5.11 Å². The summed E-state index contributed by atoms with van der Waals surface area (Å²) in [6, 6.07) is 4.19. The third-order valence-electron chi connectivity index (χ3n) is 2.19. The molecule has 4 N–H and O–H groups in total. The zero-order chi connectivity index (χ0) is 15.7. The molecule has 8 nitrogen and oxygen atoms in total. The van der Waals surface area contributed by atoms with E-state index < -0.39 is 17.9 Å². The van der Waals surface area contributed by atoms with E-state index in [1.54, 1.807) is 24.4 Å². The molecule has 9 heteroatoms. The van der Waals surface area contributed by atoms with Crippen molar-refractivity contribution in [1.29, 1.82) is 0 Å². The number of amides is 2. The standard InChI is InChI=1S/C12H16N4O4S/c1-8(17)14-9(12(19)20)6-21-7-11(18)16-15-10-4-2-3-5-13-10/h2-5,9H,6-7H2,1H3,(H,13,15)(H,14,17)(H,16,18)(H,19,20)/t9-/m0/s1. The summed E-state index contributed by atoms with van der Waals surface area (Å²) in [5.74, 6) is -1.22. The predicted molar refractivity (Wildman–Crippen MR) is 78.6 cm³/mol. The Morgan fingerprint density at radius 3 is 2.71 bits per heavy atom. The number of carbonyl (C=O) groups is 3. The average Bonchev–Trinajstić information content (AvgIpc) is 2.44. The lowest BCUT2D eigenvalue weighted by Crippen LogP contribution is -2.42. The van der Waals surface area contributed by atoms with Crippen LogP contribution in [0, 0.1) is 0 Å². The number of aliphatic carboxylic acids is 1. The van der Waals surface area contributed by atoms with Crippen molar-refractivity contribution >= 4 is 35.4 Å². The maximum absolute atomic E-state index is 11.5. The summed E-state index contributed by atoms with van der Waals surface area (Å²) in [5.41, 5.74) is 5.06. The van der Waals surface area contributed by atoms with E-state index in [1.165, 1.54) is 6.92 Å². The predicted octanol–water partition coefficient (Wildman–Crippen LogP) is -0.153. The topological polar surface area (TPSA) is 120 Å². The highest BCUT2D eigenvalue weighted by Gasteiger charge is 2.18. The number of hydrogen-bond acceptors (Lipinski definition) is 6. The second kappa shape index (κ2) is 8.80. The van der Waals surface area contributed by atoms with Crippen LogP contribution in [0.15, 0.2) is 24.4 Å². The molecule has 1 rings (SSSR count). The van der Waals surface area contributed by atoms with Crippen molar-refractivity contribution in [1.82, 2.24) is 15.7 Å². The van der Waals surface area contributed by atoms with Gasteiger partial charge in [0.25, 0.3) is 0 Å². The molecule has 0 unspecified atom stereocenters. The maximum Gasteiger partial charge on any atom is 0.327 e. The third-order valence-corrected chi connectivity index (χ3v) is 3.22. The molecule has 0 aromatic carbocycles. The minimum absolute atomic E-state index is 0.0587. The second-order valence-electron chi connectivity index (χ2n) is 3.99. The minimum atomic E-state index is -1.13. The second-order valence-corrected chi connectivity index (χ2v) is 5.02. The number of anilines is 1. The fourth-order valence-corrected chi connectivity index (χ4v) is 2.13. The molecule has 0 bridgehead atoms. The van der Waals surface area contributed by atoms with Crippen LogP contribution in [0.1, 0.15) is 6.92 Å². The Balaban J connectivity index is 2.26. The lowest BCUT2D eigenvalue weighted by atomic mass is 10.3. The van der Waals surface area contributed by atoms with Crippen LogP contribution in [0.25, 0.3) is 0 Å². The normalized spacial score (nSPS) is 11.3. The maximum atomic E-state index is 11.5. The molecule has 1 aromatic heterocycles. The van der Waals surface area contributed by atoms with Gasteiger partial charge in [-0.05, 0) is 12.1 Å². The van der Waals surface area contributed by atoms with E-state index in [0.29, 0.717) is 5.82 Å². The SMILES string of the molecule is CC(=O)N[C@@H](CSCC(=O)NNc1ccccn1)C(=O)O. The third kappa shape index (κ3) is 7.16. The average molecular weight is 312 g/mol. The molecule has 0 radical (unpaired) electrons. The number of carboxylic acids is 1. The number of pyridine rings is 1. The smallest absolute Gasteiger partial charge is 0.327 e. The summed E-state index contributed by atoms with van der Waals surface area (Å²) in [7, 11) is 0.